The van der Waals surface area contributed by atoms with Crippen molar-refractivity contribution in [2.75, 3.05) is 6.54 Å². The van der Waals surface area contributed by atoms with Crippen LogP contribution in [0.25, 0.3) is 0 Å². The molecule has 2 atom stereocenters. The molecule has 0 aromatic carbocycles. The highest BCUT2D eigenvalue weighted by Gasteiger charge is 2.18. The molecular weight excluding hydrogens is 212 g/mol. The van der Waals surface area contributed by atoms with Crippen molar-refractivity contribution in [3.05, 3.63) is 11.9 Å². The predicted molar refractivity (Wildman–Crippen MR) is 68.4 cm³/mol. The molecule has 0 radical (unpaired) electrons. The monoisotopic (exact) mass is 236 g/mol. The summed E-state index contributed by atoms with van der Waals surface area (Å²) in [5, 5.41) is 11.3. The number of aryl methyl sites for hydroxylation is 1. The number of aromatic nitrogens is 3. The lowest BCUT2D eigenvalue weighted by atomic mass is 9.81. The third-order valence-corrected chi connectivity index (χ3v) is 3.89. The smallest absolute Gasteiger partial charge is 0.0738 e. The van der Waals surface area contributed by atoms with Gasteiger partial charge in [-0.25, -0.2) is 0 Å². The molecular formula is C13H24N4. The van der Waals surface area contributed by atoms with Crippen molar-refractivity contribution in [2.45, 2.75) is 45.6 Å². The van der Waals surface area contributed by atoms with Crippen LogP contribution in [0.2, 0.25) is 0 Å². The highest BCUT2D eigenvalue weighted by atomic mass is 15.4. The molecule has 1 N–H and O–H groups in total. The van der Waals surface area contributed by atoms with Crippen LogP contribution in [0.15, 0.2) is 6.20 Å². The number of hydrogen-bond acceptors (Lipinski definition) is 3. The molecule has 4 nitrogen and oxygen atoms in total. The molecule has 1 saturated carbocycles. The molecule has 17 heavy (non-hydrogen) atoms. The Kier molecular flexibility index (Phi) is 4.54. The highest BCUT2D eigenvalue weighted by Crippen LogP contribution is 2.30. The molecule has 0 spiro atoms. The average molecular weight is 236 g/mol. The lowest BCUT2D eigenvalue weighted by Gasteiger charge is -2.26. The van der Waals surface area contributed by atoms with Crippen LogP contribution in [0.5, 0.6) is 0 Å². The molecule has 1 heterocycles. The van der Waals surface area contributed by atoms with Crippen molar-refractivity contribution in [1.29, 1.82) is 0 Å². The van der Waals surface area contributed by atoms with Gasteiger partial charge in [-0.05, 0) is 31.2 Å². The Hall–Kier alpha value is -0.900. The maximum atomic E-state index is 3.92. The van der Waals surface area contributed by atoms with E-state index in [2.05, 4.69) is 22.6 Å². The van der Waals surface area contributed by atoms with Gasteiger partial charge in [0, 0.05) is 13.6 Å². The Labute approximate surface area is 104 Å². The van der Waals surface area contributed by atoms with Gasteiger partial charge in [0.15, 0.2) is 0 Å². The molecule has 1 aliphatic rings. The predicted octanol–water partition coefficient (Wildman–Crippen LogP) is 2.12. The lowest BCUT2D eigenvalue weighted by Crippen LogP contribution is -2.22. The van der Waals surface area contributed by atoms with Crippen LogP contribution < -0.4 is 5.32 Å². The van der Waals surface area contributed by atoms with Gasteiger partial charge in [0.05, 0.1) is 11.9 Å². The highest BCUT2D eigenvalue weighted by molar-refractivity contribution is 4.92. The van der Waals surface area contributed by atoms with Gasteiger partial charge < -0.3 is 5.32 Å². The van der Waals surface area contributed by atoms with E-state index in [0.717, 1.165) is 30.6 Å². The third-order valence-electron chi connectivity index (χ3n) is 3.89. The van der Waals surface area contributed by atoms with Gasteiger partial charge in [-0.15, -0.1) is 5.10 Å². The maximum absolute atomic E-state index is 3.92. The summed E-state index contributed by atoms with van der Waals surface area (Å²) in [6.45, 7) is 4.38. The minimum atomic E-state index is 0.881. The first-order valence-electron chi connectivity index (χ1n) is 6.80. The summed E-state index contributed by atoms with van der Waals surface area (Å²) in [6.07, 6.45) is 8.86. The van der Waals surface area contributed by atoms with E-state index in [1.54, 1.807) is 0 Å². The van der Waals surface area contributed by atoms with E-state index in [0.29, 0.717) is 0 Å². The molecule has 4 heteroatoms. The fourth-order valence-electron chi connectivity index (χ4n) is 2.82. The van der Waals surface area contributed by atoms with Crippen LogP contribution in [0.3, 0.4) is 0 Å². The van der Waals surface area contributed by atoms with Crippen LogP contribution in [0, 0.1) is 11.8 Å². The Morgan fingerprint density at radius 1 is 1.47 bits per heavy atom. The largest absolute Gasteiger partial charge is 0.311 e. The fraction of sp³-hybridized carbons (Fsp3) is 0.846. The van der Waals surface area contributed by atoms with Crippen molar-refractivity contribution in [3.63, 3.8) is 0 Å². The first-order chi connectivity index (χ1) is 8.25. The van der Waals surface area contributed by atoms with Crippen LogP contribution in [-0.2, 0) is 13.6 Å². The molecule has 0 amide bonds. The first kappa shape index (κ1) is 12.6. The molecule has 1 fully saturated rings. The quantitative estimate of drug-likeness (QED) is 0.796. The standard InChI is InChI=1S/C13H24N4/c1-11-4-3-5-12(8-11)6-7-14-9-13-10-15-16-17(13)2/h10-12,14H,3-9H2,1-2H3. The molecule has 2 rings (SSSR count). The van der Waals surface area contributed by atoms with Crippen molar-refractivity contribution in [2.24, 2.45) is 18.9 Å². The normalized spacial score (nSPS) is 25.1. The minimum absolute atomic E-state index is 0.881. The topological polar surface area (TPSA) is 42.7 Å². The number of hydrogen-bond donors (Lipinski definition) is 1. The first-order valence-corrected chi connectivity index (χ1v) is 6.80. The molecule has 2 unspecified atom stereocenters. The third kappa shape index (κ3) is 3.80. The van der Waals surface area contributed by atoms with Crippen molar-refractivity contribution >= 4 is 0 Å². The van der Waals surface area contributed by atoms with Crippen molar-refractivity contribution in [1.82, 2.24) is 20.3 Å². The van der Waals surface area contributed by atoms with Gasteiger partial charge in [0.25, 0.3) is 0 Å². The summed E-state index contributed by atoms with van der Waals surface area (Å²) in [6, 6.07) is 0. The second-order valence-electron chi connectivity index (χ2n) is 5.45. The summed E-state index contributed by atoms with van der Waals surface area (Å²) in [5.74, 6) is 1.88. The zero-order chi connectivity index (χ0) is 12.1. The fourth-order valence-corrected chi connectivity index (χ4v) is 2.82. The number of nitrogens with zero attached hydrogens (tertiary/aromatic N) is 3. The lowest BCUT2D eigenvalue weighted by molar-refractivity contribution is 0.267. The summed E-state index contributed by atoms with van der Waals surface area (Å²) in [4.78, 5) is 0. The molecule has 0 aliphatic heterocycles. The van der Waals surface area contributed by atoms with Crippen LogP contribution in [-0.4, -0.2) is 21.5 Å². The van der Waals surface area contributed by atoms with Crippen LogP contribution >= 0.6 is 0 Å². The zero-order valence-corrected chi connectivity index (χ0v) is 11.0. The van der Waals surface area contributed by atoms with E-state index in [4.69, 9.17) is 0 Å². The molecule has 1 aliphatic carbocycles. The van der Waals surface area contributed by atoms with Gasteiger partial charge in [0.2, 0.25) is 0 Å². The summed E-state index contributed by atoms with van der Waals surface area (Å²) in [7, 11) is 1.94. The van der Waals surface area contributed by atoms with Crippen LogP contribution in [0.1, 0.15) is 44.7 Å². The molecule has 96 valence electrons. The molecule has 0 saturated heterocycles. The summed E-state index contributed by atoms with van der Waals surface area (Å²) in [5.41, 5.74) is 1.15. The molecule has 1 aromatic rings. The Bertz CT molecular complexity index is 334. The SMILES string of the molecule is CC1CCCC(CCNCc2cnnn2C)C1. The van der Waals surface area contributed by atoms with E-state index < -0.39 is 0 Å². The Morgan fingerprint density at radius 2 is 2.35 bits per heavy atom. The van der Waals surface area contributed by atoms with Crippen molar-refractivity contribution in [3.8, 4) is 0 Å². The van der Waals surface area contributed by atoms with E-state index in [1.807, 2.05) is 17.9 Å². The zero-order valence-electron chi connectivity index (χ0n) is 11.0. The minimum Gasteiger partial charge on any atom is -0.311 e. The van der Waals surface area contributed by atoms with Gasteiger partial charge in [-0.1, -0.05) is 31.4 Å². The number of nitrogens with one attached hydrogen (secondary N) is 1. The second kappa shape index (κ2) is 6.15. The molecule has 1 aromatic heterocycles. The summed E-state index contributed by atoms with van der Waals surface area (Å²) >= 11 is 0. The van der Waals surface area contributed by atoms with Gasteiger partial charge in [0.1, 0.15) is 0 Å². The van der Waals surface area contributed by atoms with E-state index in [-0.39, 0.29) is 0 Å². The Balaban J connectivity index is 1.61. The van der Waals surface area contributed by atoms with E-state index in [1.165, 1.54) is 32.1 Å². The Morgan fingerprint density at radius 3 is 3.06 bits per heavy atom. The summed E-state index contributed by atoms with van der Waals surface area (Å²) < 4.78 is 1.83. The maximum Gasteiger partial charge on any atom is 0.0738 e. The van der Waals surface area contributed by atoms with Crippen LogP contribution in [0.4, 0.5) is 0 Å². The van der Waals surface area contributed by atoms with E-state index in [9.17, 15) is 0 Å². The average Bonchev–Trinajstić information content (AvgIpc) is 2.71. The number of rotatable bonds is 5. The van der Waals surface area contributed by atoms with Gasteiger partial charge in [-0.3, -0.25) is 4.68 Å². The second-order valence-corrected chi connectivity index (χ2v) is 5.45. The van der Waals surface area contributed by atoms with Gasteiger partial charge >= 0.3 is 0 Å². The van der Waals surface area contributed by atoms with Gasteiger partial charge in [-0.2, -0.15) is 0 Å². The van der Waals surface area contributed by atoms with E-state index >= 15 is 0 Å². The molecule has 0 bridgehead atoms. The van der Waals surface area contributed by atoms with Crippen molar-refractivity contribution < 1.29 is 0 Å².